The zero-order valence-electron chi connectivity index (χ0n) is 8.53. The van der Waals surface area contributed by atoms with Gasteiger partial charge in [-0.15, -0.1) is 0 Å². The predicted molar refractivity (Wildman–Crippen MR) is 59.7 cm³/mol. The maximum atomic E-state index is 12.5. The van der Waals surface area contributed by atoms with Crippen molar-refractivity contribution in [1.29, 1.82) is 0 Å². The second-order valence-corrected chi connectivity index (χ2v) is 4.86. The summed E-state index contributed by atoms with van der Waals surface area (Å²) in [6.45, 7) is 0. The summed E-state index contributed by atoms with van der Waals surface area (Å²) in [5.74, 6) is -2.00. The van der Waals surface area contributed by atoms with E-state index >= 15 is 0 Å². The van der Waals surface area contributed by atoms with E-state index in [0.29, 0.717) is 6.07 Å². The number of hydrogen-bond donors (Lipinski definition) is 1. The number of carbonyl (C=O) groups is 1. The van der Waals surface area contributed by atoms with Gasteiger partial charge in [-0.25, -0.2) is 13.2 Å². The summed E-state index contributed by atoms with van der Waals surface area (Å²) in [5.41, 5.74) is -1.41. The van der Waals surface area contributed by atoms with Crippen molar-refractivity contribution in [3.63, 3.8) is 0 Å². The quantitative estimate of drug-likeness (QED) is 0.673. The highest BCUT2D eigenvalue weighted by Gasteiger charge is 2.33. The Balaban J connectivity index is 3.02. The van der Waals surface area contributed by atoms with E-state index in [1.807, 2.05) is 0 Å². The van der Waals surface area contributed by atoms with Gasteiger partial charge in [0.1, 0.15) is 0 Å². The van der Waals surface area contributed by atoms with Gasteiger partial charge < -0.3 is 4.74 Å². The SMILES string of the molecule is O=C(OC[SH](=O)=O)c1ccc(Br)c(C(F)(F)F)c1. The Morgan fingerprint density at radius 1 is 1.33 bits per heavy atom. The van der Waals surface area contributed by atoms with Crippen LogP contribution in [0.15, 0.2) is 22.7 Å². The van der Waals surface area contributed by atoms with E-state index < -0.39 is 34.4 Å². The van der Waals surface area contributed by atoms with Gasteiger partial charge in [0.05, 0.1) is 11.1 Å². The molecule has 0 spiro atoms. The molecule has 0 unspecified atom stereocenters. The summed E-state index contributed by atoms with van der Waals surface area (Å²) in [5, 5.41) is 0. The molecule has 0 aliphatic heterocycles. The minimum Gasteiger partial charge on any atom is -0.446 e. The summed E-state index contributed by atoms with van der Waals surface area (Å²) in [6, 6.07) is 2.72. The Kier molecular flexibility index (Phi) is 4.74. The van der Waals surface area contributed by atoms with E-state index in [-0.39, 0.29) is 10.0 Å². The minimum absolute atomic E-state index is 0.221. The molecule has 18 heavy (non-hydrogen) atoms. The molecular formula is C9H6BrF3O4S. The molecule has 0 atom stereocenters. The lowest BCUT2D eigenvalue weighted by molar-refractivity contribution is -0.138. The van der Waals surface area contributed by atoms with Gasteiger partial charge in [0.15, 0.2) is 16.6 Å². The number of hydrogen-bond acceptors (Lipinski definition) is 4. The highest BCUT2D eigenvalue weighted by atomic mass is 79.9. The molecule has 0 saturated carbocycles. The number of ether oxygens (including phenoxy) is 1. The molecule has 1 aromatic rings. The fourth-order valence-corrected chi connectivity index (χ4v) is 1.76. The fraction of sp³-hybridized carbons (Fsp3) is 0.222. The highest BCUT2D eigenvalue weighted by Crippen LogP contribution is 2.35. The first-order chi connectivity index (χ1) is 8.21. The zero-order chi connectivity index (χ0) is 13.9. The lowest BCUT2D eigenvalue weighted by Crippen LogP contribution is -2.11. The van der Waals surface area contributed by atoms with Crippen molar-refractivity contribution in [1.82, 2.24) is 0 Å². The number of carbonyl (C=O) groups excluding carboxylic acids is 1. The van der Waals surface area contributed by atoms with E-state index in [4.69, 9.17) is 0 Å². The molecule has 0 amide bonds. The van der Waals surface area contributed by atoms with Crippen molar-refractivity contribution in [2.45, 2.75) is 6.18 Å². The molecule has 0 N–H and O–H groups in total. The molecule has 0 aliphatic rings. The van der Waals surface area contributed by atoms with Crippen molar-refractivity contribution >= 4 is 32.6 Å². The zero-order valence-corrected chi connectivity index (χ0v) is 11.0. The Bertz CT molecular complexity index is 531. The van der Waals surface area contributed by atoms with Crippen LogP contribution in [0.3, 0.4) is 0 Å². The molecule has 1 aromatic carbocycles. The van der Waals surface area contributed by atoms with Crippen LogP contribution in [0, 0.1) is 0 Å². The van der Waals surface area contributed by atoms with Crippen molar-refractivity contribution in [3.05, 3.63) is 33.8 Å². The third-order valence-electron chi connectivity index (χ3n) is 1.81. The van der Waals surface area contributed by atoms with E-state index in [0.717, 1.165) is 12.1 Å². The first-order valence-electron chi connectivity index (χ1n) is 4.37. The maximum absolute atomic E-state index is 12.5. The van der Waals surface area contributed by atoms with Crippen LogP contribution in [0.2, 0.25) is 0 Å². The van der Waals surface area contributed by atoms with Crippen molar-refractivity contribution in [2.24, 2.45) is 0 Å². The fourth-order valence-electron chi connectivity index (χ4n) is 1.06. The predicted octanol–water partition coefficient (Wildman–Crippen LogP) is 2.19. The number of esters is 1. The number of rotatable bonds is 3. The summed E-state index contributed by atoms with van der Waals surface area (Å²) in [7, 11) is -2.93. The van der Waals surface area contributed by atoms with Crippen molar-refractivity contribution in [3.8, 4) is 0 Å². The number of thiol groups is 1. The normalized spacial score (nSPS) is 11.6. The summed E-state index contributed by atoms with van der Waals surface area (Å²) in [6.07, 6.45) is -4.63. The van der Waals surface area contributed by atoms with Gasteiger partial charge >= 0.3 is 12.1 Å². The minimum atomic E-state index is -4.63. The van der Waals surface area contributed by atoms with Crippen LogP contribution in [0.5, 0.6) is 0 Å². The van der Waals surface area contributed by atoms with Crippen LogP contribution in [0.25, 0.3) is 0 Å². The third-order valence-corrected chi connectivity index (χ3v) is 2.84. The van der Waals surface area contributed by atoms with Gasteiger partial charge in [0.2, 0.25) is 0 Å². The van der Waals surface area contributed by atoms with Crippen LogP contribution in [0.4, 0.5) is 13.2 Å². The monoisotopic (exact) mass is 346 g/mol. The van der Waals surface area contributed by atoms with Crippen LogP contribution in [-0.2, 0) is 21.6 Å². The van der Waals surface area contributed by atoms with Gasteiger partial charge in [0.25, 0.3) is 0 Å². The molecule has 100 valence electrons. The van der Waals surface area contributed by atoms with E-state index in [2.05, 4.69) is 20.7 Å². The van der Waals surface area contributed by atoms with Crippen LogP contribution in [-0.4, -0.2) is 20.3 Å². The average Bonchev–Trinajstić information content (AvgIpc) is 2.24. The number of alkyl halides is 3. The largest absolute Gasteiger partial charge is 0.446 e. The van der Waals surface area contributed by atoms with Gasteiger partial charge in [-0.1, -0.05) is 15.9 Å². The first kappa shape index (κ1) is 15.0. The molecule has 0 aliphatic carbocycles. The molecule has 0 saturated heterocycles. The van der Waals surface area contributed by atoms with Crippen LogP contribution < -0.4 is 0 Å². The second kappa shape index (κ2) is 5.70. The number of halogens is 4. The van der Waals surface area contributed by atoms with Gasteiger partial charge in [-0.05, 0) is 18.2 Å². The highest BCUT2D eigenvalue weighted by molar-refractivity contribution is 9.10. The van der Waals surface area contributed by atoms with Gasteiger partial charge in [-0.3, -0.25) is 0 Å². The Hall–Kier alpha value is -1.09. The maximum Gasteiger partial charge on any atom is 0.417 e. The number of benzene rings is 1. The topological polar surface area (TPSA) is 60.4 Å². The molecule has 0 radical (unpaired) electrons. The van der Waals surface area contributed by atoms with E-state index in [9.17, 15) is 26.4 Å². The summed E-state index contributed by atoms with van der Waals surface area (Å²) >= 11 is 2.71. The smallest absolute Gasteiger partial charge is 0.417 e. The van der Waals surface area contributed by atoms with Crippen molar-refractivity contribution < 1.29 is 31.1 Å². The summed E-state index contributed by atoms with van der Waals surface area (Å²) < 4.78 is 62.0. The van der Waals surface area contributed by atoms with Gasteiger partial charge in [0, 0.05) is 4.47 Å². The van der Waals surface area contributed by atoms with Crippen LogP contribution in [0.1, 0.15) is 15.9 Å². The van der Waals surface area contributed by atoms with Crippen molar-refractivity contribution in [2.75, 3.05) is 5.94 Å². The average molecular weight is 347 g/mol. The lowest BCUT2D eigenvalue weighted by atomic mass is 10.1. The molecule has 0 fully saturated rings. The summed E-state index contributed by atoms with van der Waals surface area (Å²) in [4.78, 5) is 11.3. The molecule has 9 heteroatoms. The van der Waals surface area contributed by atoms with E-state index in [1.165, 1.54) is 0 Å². The molecular weight excluding hydrogens is 341 g/mol. The molecule has 0 heterocycles. The molecule has 4 nitrogen and oxygen atoms in total. The Morgan fingerprint density at radius 2 is 1.94 bits per heavy atom. The second-order valence-electron chi connectivity index (χ2n) is 3.09. The van der Waals surface area contributed by atoms with Gasteiger partial charge in [-0.2, -0.15) is 13.2 Å². The standard InChI is InChI=1S/C9H6BrF3O4S/c10-7-2-1-5(3-6(7)9(11,12)13)8(14)17-4-18(15)16/h1-3,18H,4H2. The molecule has 1 rings (SSSR count). The van der Waals surface area contributed by atoms with E-state index in [1.54, 1.807) is 0 Å². The molecule has 0 aromatic heterocycles. The molecule has 0 bridgehead atoms. The Labute approximate surface area is 110 Å². The Morgan fingerprint density at radius 3 is 2.44 bits per heavy atom. The lowest BCUT2D eigenvalue weighted by Gasteiger charge is -2.10. The first-order valence-corrected chi connectivity index (χ1v) is 6.53. The van der Waals surface area contributed by atoms with Crippen LogP contribution >= 0.6 is 15.9 Å². The third kappa shape index (κ3) is 3.98.